The van der Waals surface area contributed by atoms with E-state index in [1.54, 1.807) is 36.5 Å². The summed E-state index contributed by atoms with van der Waals surface area (Å²) in [6.45, 7) is 0. The molecule has 0 saturated heterocycles. The molecule has 0 unspecified atom stereocenters. The predicted octanol–water partition coefficient (Wildman–Crippen LogP) is 5.28. The van der Waals surface area contributed by atoms with Gasteiger partial charge in [0.25, 0.3) is 0 Å². The molecule has 4 nitrogen and oxygen atoms in total. The Balaban J connectivity index is 1.62. The summed E-state index contributed by atoms with van der Waals surface area (Å²) in [5.41, 5.74) is 3.71. The van der Waals surface area contributed by atoms with Crippen LogP contribution in [0.15, 0.2) is 83.5 Å². The molecule has 126 valence electrons. The number of hydrogen-bond donors (Lipinski definition) is 0. The van der Waals surface area contributed by atoms with E-state index >= 15 is 0 Å². The molecule has 0 N–H and O–H groups in total. The van der Waals surface area contributed by atoms with Crippen molar-refractivity contribution in [1.29, 1.82) is 0 Å². The number of hydrogen-bond acceptors (Lipinski definition) is 4. The predicted molar refractivity (Wildman–Crippen MR) is 104 cm³/mol. The molecular weight excluding hydrogens is 392 g/mol. The zero-order valence-corrected chi connectivity index (χ0v) is 15.2. The maximum atomic E-state index is 12.3. The number of carbonyl (C=O) groups excluding carboxylic acids is 1. The van der Waals surface area contributed by atoms with E-state index in [0.717, 1.165) is 26.8 Å². The number of rotatable bonds is 3. The molecule has 1 heterocycles. The van der Waals surface area contributed by atoms with Gasteiger partial charge in [-0.3, -0.25) is 4.98 Å². The fourth-order valence-electron chi connectivity index (χ4n) is 2.60. The van der Waals surface area contributed by atoms with E-state index in [9.17, 15) is 4.79 Å². The third kappa shape index (κ3) is 3.48. The summed E-state index contributed by atoms with van der Waals surface area (Å²) in [4.78, 5) is 21.4. The molecule has 3 aromatic carbocycles. The van der Waals surface area contributed by atoms with Crippen molar-refractivity contribution < 1.29 is 9.53 Å². The summed E-state index contributed by atoms with van der Waals surface area (Å²) in [5.74, 6) is 0.0514. The van der Waals surface area contributed by atoms with Crippen LogP contribution in [-0.4, -0.2) is 15.9 Å². The van der Waals surface area contributed by atoms with Crippen molar-refractivity contribution in [2.24, 2.45) is 0 Å². The highest BCUT2D eigenvalue weighted by Crippen LogP contribution is 2.24. The maximum Gasteiger partial charge on any atom is 0.343 e. The van der Waals surface area contributed by atoms with Crippen molar-refractivity contribution in [3.05, 3.63) is 89.0 Å². The molecule has 0 bridgehead atoms. The van der Waals surface area contributed by atoms with E-state index < -0.39 is 5.97 Å². The number of benzene rings is 3. The Morgan fingerprint density at radius 3 is 2.54 bits per heavy atom. The van der Waals surface area contributed by atoms with Crippen LogP contribution in [0.3, 0.4) is 0 Å². The summed E-state index contributed by atoms with van der Waals surface area (Å²) in [7, 11) is 0. The molecule has 0 atom stereocenters. The second-order valence-electron chi connectivity index (χ2n) is 5.67. The summed E-state index contributed by atoms with van der Waals surface area (Å²) < 4.78 is 6.32. The van der Waals surface area contributed by atoms with Gasteiger partial charge >= 0.3 is 5.97 Å². The molecule has 0 saturated carbocycles. The smallest absolute Gasteiger partial charge is 0.343 e. The number of halogens is 1. The molecule has 0 amide bonds. The minimum Gasteiger partial charge on any atom is -0.423 e. The fourth-order valence-corrected chi connectivity index (χ4v) is 3.00. The molecule has 0 radical (unpaired) electrons. The molecule has 26 heavy (non-hydrogen) atoms. The van der Waals surface area contributed by atoms with Crippen LogP contribution in [0.5, 0.6) is 5.75 Å². The van der Waals surface area contributed by atoms with Gasteiger partial charge in [0.15, 0.2) is 0 Å². The molecule has 1 aromatic heterocycles. The highest BCUT2D eigenvalue weighted by Gasteiger charge is 2.10. The van der Waals surface area contributed by atoms with Crippen LogP contribution in [0.1, 0.15) is 10.4 Å². The Morgan fingerprint density at radius 1 is 0.885 bits per heavy atom. The molecule has 5 heteroatoms. The molecule has 0 aliphatic rings. The van der Waals surface area contributed by atoms with Gasteiger partial charge in [-0.2, -0.15) is 0 Å². The van der Waals surface area contributed by atoms with Crippen molar-refractivity contribution in [3.8, 4) is 17.0 Å². The van der Waals surface area contributed by atoms with Gasteiger partial charge in [-0.25, -0.2) is 9.78 Å². The van der Waals surface area contributed by atoms with Gasteiger partial charge in [-0.15, -0.1) is 0 Å². The number of fused-ring (bicyclic) bond motifs is 1. The van der Waals surface area contributed by atoms with Gasteiger partial charge in [0.05, 0.1) is 28.5 Å². The Labute approximate surface area is 158 Å². The van der Waals surface area contributed by atoms with Crippen molar-refractivity contribution in [2.45, 2.75) is 0 Å². The quantitative estimate of drug-likeness (QED) is 0.344. The summed E-state index contributed by atoms with van der Waals surface area (Å²) in [6.07, 6.45) is 1.72. The van der Waals surface area contributed by atoms with Crippen LogP contribution in [0.2, 0.25) is 0 Å². The Hall–Kier alpha value is -3.05. The van der Waals surface area contributed by atoms with Gasteiger partial charge in [0.1, 0.15) is 5.75 Å². The number of esters is 1. The van der Waals surface area contributed by atoms with Gasteiger partial charge in [0, 0.05) is 10.0 Å². The Kier molecular flexibility index (Phi) is 4.46. The molecule has 0 fully saturated rings. The first-order chi connectivity index (χ1) is 12.7. The molecular formula is C21H13BrN2O2. The summed E-state index contributed by atoms with van der Waals surface area (Å²) in [6, 6.07) is 22.1. The largest absolute Gasteiger partial charge is 0.423 e. The minimum atomic E-state index is -0.409. The highest BCUT2D eigenvalue weighted by atomic mass is 79.9. The number of nitrogens with zero attached hydrogens (tertiary/aromatic N) is 2. The molecule has 0 aliphatic heterocycles. The van der Waals surface area contributed by atoms with Gasteiger partial charge in [-0.05, 0) is 42.5 Å². The zero-order chi connectivity index (χ0) is 17.9. The lowest BCUT2D eigenvalue weighted by Gasteiger charge is -2.07. The number of para-hydroxylation sites is 2. The minimum absolute atomic E-state index is 0.409. The topological polar surface area (TPSA) is 52.1 Å². The standard InChI is InChI=1S/C21H13BrN2O2/c22-16-7-3-6-15(11-16)21(25)26-17-8-4-5-14(12-17)20-13-23-18-9-1-2-10-19(18)24-20/h1-13H. The lowest BCUT2D eigenvalue weighted by molar-refractivity contribution is 0.0735. The molecule has 0 spiro atoms. The van der Waals surface area contributed by atoms with Gasteiger partial charge in [0.2, 0.25) is 0 Å². The number of ether oxygens (including phenoxy) is 1. The maximum absolute atomic E-state index is 12.3. The van der Waals surface area contributed by atoms with Crippen LogP contribution in [0.4, 0.5) is 0 Å². The first-order valence-corrected chi connectivity index (χ1v) is 8.78. The van der Waals surface area contributed by atoms with Crippen LogP contribution in [-0.2, 0) is 0 Å². The number of carbonyl (C=O) groups is 1. The summed E-state index contributed by atoms with van der Waals surface area (Å²) in [5, 5.41) is 0. The second kappa shape index (κ2) is 7.06. The monoisotopic (exact) mass is 404 g/mol. The fraction of sp³-hybridized carbons (Fsp3) is 0. The zero-order valence-electron chi connectivity index (χ0n) is 13.6. The summed E-state index contributed by atoms with van der Waals surface area (Å²) >= 11 is 3.35. The van der Waals surface area contributed by atoms with E-state index in [1.165, 1.54) is 0 Å². The number of aromatic nitrogens is 2. The van der Waals surface area contributed by atoms with Crippen LogP contribution in [0, 0.1) is 0 Å². The average molecular weight is 405 g/mol. The third-order valence-corrected chi connectivity index (χ3v) is 4.34. The molecule has 4 rings (SSSR count). The van der Waals surface area contributed by atoms with E-state index in [4.69, 9.17) is 4.74 Å². The van der Waals surface area contributed by atoms with Gasteiger partial charge < -0.3 is 4.74 Å². The van der Waals surface area contributed by atoms with Crippen LogP contribution < -0.4 is 4.74 Å². The first-order valence-electron chi connectivity index (χ1n) is 7.99. The highest BCUT2D eigenvalue weighted by molar-refractivity contribution is 9.10. The lowest BCUT2D eigenvalue weighted by atomic mass is 10.1. The van der Waals surface area contributed by atoms with E-state index in [0.29, 0.717) is 11.3 Å². The Bertz CT molecular complexity index is 1110. The van der Waals surface area contributed by atoms with Gasteiger partial charge in [-0.1, -0.05) is 46.3 Å². The van der Waals surface area contributed by atoms with Crippen molar-refractivity contribution in [1.82, 2.24) is 9.97 Å². The SMILES string of the molecule is O=C(Oc1cccc(-c2cnc3ccccc3n2)c1)c1cccc(Br)c1. The second-order valence-corrected chi connectivity index (χ2v) is 6.59. The first kappa shape index (κ1) is 16.4. The van der Waals surface area contributed by atoms with Crippen molar-refractivity contribution in [3.63, 3.8) is 0 Å². The third-order valence-electron chi connectivity index (χ3n) is 3.85. The van der Waals surface area contributed by atoms with Crippen LogP contribution >= 0.6 is 15.9 Å². The van der Waals surface area contributed by atoms with E-state index in [-0.39, 0.29) is 0 Å². The molecule has 4 aromatic rings. The van der Waals surface area contributed by atoms with Crippen molar-refractivity contribution >= 4 is 32.9 Å². The lowest BCUT2D eigenvalue weighted by Crippen LogP contribution is -2.08. The van der Waals surface area contributed by atoms with E-state index in [1.807, 2.05) is 42.5 Å². The molecule has 0 aliphatic carbocycles. The average Bonchev–Trinajstić information content (AvgIpc) is 2.68. The van der Waals surface area contributed by atoms with Crippen molar-refractivity contribution in [2.75, 3.05) is 0 Å². The Morgan fingerprint density at radius 2 is 1.69 bits per heavy atom. The normalized spacial score (nSPS) is 10.7. The van der Waals surface area contributed by atoms with E-state index in [2.05, 4.69) is 25.9 Å². The van der Waals surface area contributed by atoms with Crippen LogP contribution in [0.25, 0.3) is 22.3 Å².